The summed E-state index contributed by atoms with van der Waals surface area (Å²) < 4.78 is 62.4. The predicted molar refractivity (Wildman–Crippen MR) is 126 cm³/mol. The molecule has 37 heavy (non-hydrogen) atoms. The zero-order valence-electron chi connectivity index (χ0n) is 20.0. The zero-order valence-corrected chi connectivity index (χ0v) is 20.0. The van der Waals surface area contributed by atoms with Crippen molar-refractivity contribution >= 4 is 17.6 Å². The van der Waals surface area contributed by atoms with Crippen LogP contribution in [0.3, 0.4) is 0 Å². The molecule has 1 atom stereocenters. The molecule has 0 aromatic heterocycles. The topological polar surface area (TPSA) is 76.1 Å². The van der Waals surface area contributed by atoms with E-state index in [1.807, 2.05) is 12.1 Å². The number of halogens is 4. The van der Waals surface area contributed by atoms with Crippen LogP contribution in [0.25, 0.3) is 0 Å². The Morgan fingerprint density at radius 3 is 2.65 bits per heavy atom. The first-order valence-electron chi connectivity index (χ1n) is 11.7. The maximum atomic E-state index is 14.4. The van der Waals surface area contributed by atoms with E-state index in [1.165, 1.54) is 18.2 Å². The minimum Gasteiger partial charge on any atom is -0.489 e. The number of hydrogen-bond acceptors (Lipinski definition) is 4. The van der Waals surface area contributed by atoms with Gasteiger partial charge >= 0.3 is 12.3 Å². The summed E-state index contributed by atoms with van der Waals surface area (Å²) in [4.78, 5) is 25.7. The second-order valence-corrected chi connectivity index (χ2v) is 9.04. The van der Waals surface area contributed by atoms with Gasteiger partial charge in [-0.15, -0.1) is 13.2 Å². The summed E-state index contributed by atoms with van der Waals surface area (Å²) in [6.45, 7) is 2.10. The summed E-state index contributed by atoms with van der Waals surface area (Å²) in [5.41, 5.74) is 2.69. The number of alkyl halides is 3. The van der Waals surface area contributed by atoms with E-state index in [0.717, 1.165) is 11.6 Å². The van der Waals surface area contributed by atoms with Gasteiger partial charge in [0.25, 0.3) is 5.91 Å². The van der Waals surface area contributed by atoms with Crippen LogP contribution in [0.4, 0.5) is 23.2 Å². The number of carboxylic acids is 1. The molecule has 0 saturated heterocycles. The average Bonchev–Trinajstić information content (AvgIpc) is 3.25. The van der Waals surface area contributed by atoms with E-state index in [1.54, 1.807) is 24.0 Å². The molecular formula is C27H25F4NO5. The van der Waals surface area contributed by atoms with Crippen LogP contribution >= 0.6 is 0 Å². The molecule has 1 aliphatic carbocycles. The Hall–Kier alpha value is -3.82. The van der Waals surface area contributed by atoms with Crippen LogP contribution in [0.1, 0.15) is 36.5 Å². The Bertz CT molecular complexity index is 1270. The highest BCUT2D eigenvalue weighted by Gasteiger charge is 2.35. The van der Waals surface area contributed by atoms with Crippen LogP contribution in [-0.4, -0.2) is 29.9 Å². The van der Waals surface area contributed by atoms with Crippen molar-refractivity contribution in [2.75, 3.05) is 11.4 Å². The smallest absolute Gasteiger partial charge is 0.489 e. The number of allylic oxidation sites excluding steroid dienone is 2. The summed E-state index contributed by atoms with van der Waals surface area (Å²) in [5, 5.41) is 8.79. The fraction of sp³-hybridized carbons (Fsp3) is 0.333. The van der Waals surface area contributed by atoms with Crippen LogP contribution < -0.4 is 9.64 Å². The summed E-state index contributed by atoms with van der Waals surface area (Å²) >= 11 is 0. The van der Waals surface area contributed by atoms with Gasteiger partial charge in [0.2, 0.25) is 0 Å². The maximum absolute atomic E-state index is 14.4. The first-order chi connectivity index (χ1) is 17.5. The lowest BCUT2D eigenvalue weighted by molar-refractivity contribution is -0.303. The molecule has 6 nitrogen and oxygen atoms in total. The Morgan fingerprint density at radius 2 is 1.95 bits per heavy atom. The Kier molecular flexibility index (Phi) is 7.56. The number of ether oxygens (including phenoxy) is 2. The first-order valence-corrected chi connectivity index (χ1v) is 11.7. The maximum Gasteiger partial charge on any atom is 0.573 e. The largest absolute Gasteiger partial charge is 0.573 e. The van der Waals surface area contributed by atoms with Crippen molar-refractivity contribution in [3.63, 3.8) is 0 Å². The quantitative estimate of drug-likeness (QED) is 0.453. The number of para-hydroxylation sites is 1. The highest BCUT2D eigenvalue weighted by molar-refractivity contribution is 6.07. The number of aryl methyl sites for hydroxylation is 1. The second-order valence-electron chi connectivity index (χ2n) is 9.04. The molecule has 0 radical (unpaired) electrons. The third kappa shape index (κ3) is 6.49. The number of nitrogens with zero attached hydrogens (tertiary/aromatic N) is 1. The van der Waals surface area contributed by atoms with Gasteiger partial charge in [-0.1, -0.05) is 31.2 Å². The van der Waals surface area contributed by atoms with Crippen LogP contribution in [0.2, 0.25) is 0 Å². The number of aliphatic carboxylic acids is 1. The SMILES string of the molecule is CC1C=C(OC(F)(F)F)C=C(C(=O)N2CCc3cccc(COc4ccc(CCC(=O)O)c(F)c4)c32)C1. The molecule has 0 bridgehead atoms. The number of fused-ring (bicyclic) bond motifs is 1. The second kappa shape index (κ2) is 10.7. The van der Waals surface area contributed by atoms with Gasteiger partial charge in [-0.25, -0.2) is 4.39 Å². The van der Waals surface area contributed by atoms with E-state index in [2.05, 4.69) is 4.74 Å². The van der Waals surface area contributed by atoms with Crippen LogP contribution in [-0.2, 0) is 33.8 Å². The summed E-state index contributed by atoms with van der Waals surface area (Å²) in [6, 6.07) is 9.68. The molecule has 2 aromatic rings. The number of carbonyl (C=O) groups is 2. The van der Waals surface area contributed by atoms with E-state index in [-0.39, 0.29) is 48.7 Å². The van der Waals surface area contributed by atoms with Gasteiger partial charge in [0.15, 0.2) is 0 Å². The van der Waals surface area contributed by atoms with E-state index >= 15 is 0 Å². The molecular weight excluding hydrogens is 494 g/mol. The molecule has 196 valence electrons. The van der Waals surface area contributed by atoms with Crippen molar-refractivity contribution in [1.29, 1.82) is 0 Å². The number of hydrogen-bond donors (Lipinski definition) is 1. The van der Waals surface area contributed by atoms with Crippen molar-refractivity contribution in [1.82, 2.24) is 0 Å². The molecule has 1 N–H and O–H groups in total. The van der Waals surface area contributed by atoms with Gasteiger partial charge in [0.1, 0.15) is 23.9 Å². The number of carboxylic acid groups (broad SMARTS) is 1. The molecule has 2 aromatic carbocycles. The van der Waals surface area contributed by atoms with Crippen molar-refractivity contribution in [2.45, 2.75) is 45.6 Å². The van der Waals surface area contributed by atoms with Gasteiger partial charge in [-0.3, -0.25) is 9.59 Å². The molecule has 1 amide bonds. The number of anilines is 1. The van der Waals surface area contributed by atoms with Gasteiger partial charge in [-0.2, -0.15) is 0 Å². The van der Waals surface area contributed by atoms with Gasteiger partial charge in [0.05, 0.1) is 5.69 Å². The minimum absolute atomic E-state index is 0.0264. The zero-order chi connectivity index (χ0) is 26.7. The standard InChI is InChI=1S/C27H25F4NO5/c1-16-11-20(13-22(12-16)37-27(29,30)31)26(35)32-10-9-18-3-2-4-19(25(18)32)15-36-21-7-5-17(23(28)14-21)6-8-24(33)34/h2-5,7,12-14,16H,6,8-11,15H2,1H3,(H,33,34). The molecule has 1 heterocycles. The monoisotopic (exact) mass is 519 g/mol. The highest BCUT2D eigenvalue weighted by Crippen LogP contribution is 2.36. The first kappa shape index (κ1) is 26.2. The summed E-state index contributed by atoms with van der Waals surface area (Å²) in [7, 11) is 0. The average molecular weight is 519 g/mol. The van der Waals surface area contributed by atoms with E-state index in [9.17, 15) is 27.2 Å². The molecule has 4 rings (SSSR count). The molecule has 2 aliphatic rings. The van der Waals surface area contributed by atoms with E-state index < -0.39 is 29.8 Å². The number of rotatable bonds is 8. The predicted octanol–water partition coefficient (Wildman–Crippen LogP) is 5.70. The van der Waals surface area contributed by atoms with Crippen molar-refractivity contribution in [3.05, 3.63) is 82.4 Å². The van der Waals surface area contributed by atoms with Crippen molar-refractivity contribution in [3.8, 4) is 5.75 Å². The number of carbonyl (C=O) groups excluding carboxylic acids is 1. The van der Waals surface area contributed by atoms with E-state index in [4.69, 9.17) is 9.84 Å². The van der Waals surface area contributed by atoms with Crippen molar-refractivity contribution < 1.29 is 41.7 Å². The van der Waals surface area contributed by atoms with Crippen LogP contribution in [0, 0.1) is 11.7 Å². The molecule has 10 heteroatoms. The van der Waals surface area contributed by atoms with E-state index in [0.29, 0.717) is 24.2 Å². The summed E-state index contributed by atoms with van der Waals surface area (Å²) in [6.07, 6.45) is -1.65. The van der Waals surface area contributed by atoms with Crippen LogP contribution in [0.15, 0.2) is 59.9 Å². The lowest BCUT2D eigenvalue weighted by atomic mass is 9.94. The fourth-order valence-corrected chi connectivity index (χ4v) is 4.56. The van der Waals surface area contributed by atoms with Crippen LogP contribution in [0.5, 0.6) is 5.75 Å². The molecule has 1 aliphatic heterocycles. The Morgan fingerprint density at radius 1 is 1.16 bits per heavy atom. The normalized spacial score (nSPS) is 17.1. The molecule has 0 fully saturated rings. The molecule has 1 unspecified atom stereocenters. The van der Waals surface area contributed by atoms with Crippen molar-refractivity contribution in [2.24, 2.45) is 5.92 Å². The number of amides is 1. The minimum atomic E-state index is -4.85. The van der Waals surface area contributed by atoms with Gasteiger partial charge in [-0.05, 0) is 54.5 Å². The third-order valence-electron chi connectivity index (χ3n) is 6.17. The Balaban J connectivity index is 1.51. The fourth-order valence-electron chi connectivity index (χ4n) is 4.56. The molecule has 0 saturated carbocycles. The lowest BCUT2D eigenvalue weighted by Crippen LogP contribution is -2.32. The lowest BCUT2D eigenvalue weighted by Gasteiger charge is -2.25. The highest BCUT2D eigenvalue weighted by atomic mass is 19.4. The Labute approximate surface area is 210 Å². The molecule has 0 spiro atoms. The number of benzene rings is 2. The summed E-state index contributed by atoms with van der Waals surface area (Å²) in [5.74, 6) is -2.46. The van der Waals surface area contributed by atoms with Gasteiger partial charge < -0.3 is 19.5 Å². The third-order valence-corrected chi connectivity index (χ3v) is 6.17. The van der Waals surface area contributed by atoms with Gasteiger partial charge in [0, 0.05) is 30.2 Å².